The van der Waals surface area contributed by atoms with Gasteiger partial charge in [-0.2, -0.15) is 0 Å². The molecular weight excluding hydrogens is 482 g/mol. The fraction of sp³-hybridized carbons (Fsp3) is 0.630. The maximum Gasteiger partial charge on any atom is 0.509 e. The number of esters is 2. The predicted molar refractivity (Wildman–Crippen MR) is 136 cm³/mol. The third-order valence-electron chi connectivity index (χ3n) is 5.84. The zero-order valence-corrected chi connectivity index (χ0v) is 23.0. The molecule has 1 rings (SSSR count). The van der Waals surface area contributed by atoms with Crippen molar-refractivity contribution in [2.24, 2.45) is 17.6 Å². The van der Waals surface area contributed by atoms with Crippen LogP contribution in [0.15, 0.2) is 18.2 Å². The lowest BCUT2D eigenvalue weighted by molar-refractivity contribution is -0.141. The maximum atomic E-state index is 12.6. The van der Waals surface area contributed by atoms with E-state index < -0.39 is 53.6 Å². The van der Waals surface area contributed by atoms with E-state index in [2.05, 4.69) is 0 Å². The van der Waals surface area contributed by atoms with E-state index in [4.69, 9.17) is 24.7 Å². The Morgan fingerprint density at radius 2 is 1.43 bits per heavy atom. The van der Waals surface area contributed by atoms with Crippen LogP contribution in [0.2, 0.25) is 0 Å². The summed E-state index contributed by atoms with van der Waals surface area (Å²) in [5.74, 6) is -3.90. The van der Waals surface area contributed by atoms with E-state index in [1.165, 1.54) is 12.1 Å². The van der Waals surface area contributed by atoms with Crippen molar-refractivity contribution in [2.75, 3.05) is 0 Å². The number of benzene rings is 1. The standard InChI is InChI=1S/C27H41NO9/c1-9-15(3)24(31)35-20-12-11-18(14-21(20)36-25(32)16(4)10-2)19(22(28)23(29)30)13-17(5)34-26(33)37-27(6,7)8/h11-12,14-17,19,22H,9-10,13,28H2,1-8H3,(H,29,30)/t15?,16?,17?,19?,22-/m0/s1. The molecule has 0 aliphatic rings. The molecule has 0 aliphatic carbocycles. The summed E-state index contributed by atoms with van der Waals surface area (Å²) in [4.78, 5) is 48.9. The van der Waals surface area contributed by atoms with Crippen LogP contribution in [0, 0.1) is 11.8 Å². The Balaban J connectivity index is 3.37. The largest absolute Gasteiger partial charge is 0.509 e. The Kier molecular flexibility index (Phi) is 12.0. The number of carboxylic acid groups (broad SMARTS) is 1. The second kappa shape index (κ2) is 14.0. The Labute approximate surface area is 218 Å². The summed E-state index contributed by atoms with van der Waals surface area (Å²) < 4.78 is 21.5. The second-order valence-electron chi connectivity index (χ2n) is 10.3. The predicted octanol–water partition coefficient (Wildman–Crippen LogP) is 4.82. The van der Waals surface area contributed by atoms with Gasteiger partial charge in [-0.1, -0.05) is 33.8 Å². The summed E-state index contributed by atoms with van der Waals surface area (Å²) in [7, 11) is 0. The molecule has 5 atom stereocenters. The van der Waals surface area contributed by atoms with Gasteiger partial charge in [0.15, 0.2) is 11.5 Å². The minimum atomic E-state index is -1.36. The number of rotatable bonds is 12. The van der Waals surface area contributed by atoms with Crippen molar-refractivity contribution in [3.63, 3.8) is 0 Å². The van der Waals surface area contributed by atoms with Gasteiger partial charge in [0.2, 0.25) is 0 Å². The molecule has 0 bridgehead atoms. The molecule has 0 aliphatic heterocycles. The smallest absolute Gasteiger partial charge is 0.480 e. The maximum absolute atomic E-state index is 12.6. The summed E-state index contributed by atoms with van der Waals surface area (Å²) in [6.07, 6.45) is -0.508. The zero-order chi connectivity index (χ0) is 28.5. The van der Waals surface area contributed by atoms with Crippen molar-refractivity contribution in [3.05, 3.63) is 23.8 Å². The lowest BCUT2D eigenvalue weighted by Gasteiger charge is -2.26. The molecule has 0 fully saturated rings. The zero-order valence-electron chi connectivity index (χ0n) is 23.0. The van der Waals surface area contributed by atoms with Gasteiger partial charge in [0.1, 0.15) is 17.7 Å². The summed E-state index contributed by atoms with van der Waals surface area (Å²) >= 11 is 0. The van der Waals surface area contributed by atoms with Crippen LogP contribution in [0.25, 0.3) is 0 Å². The summed E-state index contributed by atoms with van der Waals surface area (Å²) in [5, 5.41) is 9.63. The number of hydrogen-bond acceptors (Lipinski definition) is 9. The van der Waals surface area contributed by atoms with E-state index in [0.717, 1.165) is 0 Å². The molecule has 0 amide bonds. The van der Waals surface area contributed by atoms with Crippen molar-refractivity contribution in [1.82, 2.24) is 0 Å². The van der Waals surface area contributed by atoms with E-state index in [0.29, 0.717) is 18.4 Å². The van der Waals surface area contributed by atoms with E-state index in [1.807, 2.05) is 13.8 Å². The first-order chi connectivity index (χ1) is 17.1. The number of carboxylic acids is 1. The molecule has 10 nitrogen and oxygen atoms in total. The van der Waals surface area contributed by atoms with Gasteiger partial charge in [-0.25, -0.2) is 4.79 Å². The monoisotopic (exact) mass is 523 g/mol. The minimum Gasteiger partial charge on any atom is -0.480 e. The number of hydrogen-bond donors (Lipinski definition) is 2. The third kappa shape index (κ3) is 10.4. The van der Waals surface area contributed by atoms with Crippen LogP contribution >= 0.6 is 0 Å². The third-order valence-corrected chi connectivity index (χ3v) is 5.84. The molecule has 0 aromatic heterocycles. The van der Waals surface area contributed by atoms with Crippen LogP contribution in [0.1, 0.15) is 86.1 Å². The van der Waals surface area contributed by atoms with Crippen molar-refractivity contribution in [2.45, 2.75) is 98.3 Å². The highest BCUT2D eigenvalue weighted by molar-refractivity contribution is 5.79. The average molecular weight is 524 g/mol. The van der Waals surface area contributed by atoms with Crippen molar-refractivity contribution in [3.8, 4) is 11.5 Å². The molecule has 4 unspecified atom stereocenters. The van der Waals surface area contributed by atoms with Crippen LogP contribution in [-0.2, 0) is 23.9 Å². The molecule has 208 valence electrons. The Morgan fingerprint density at radius 3 is 1.89 bits per heavy atom. The highest BCUT2D eigenvalue weighted by Crippen LogP contribution is 2.35. The fourth-order valence-electron chi connectivity index (χ4n) is 3.18. The first kappa shape index (κ1) is 31.9. The highest BCUT2D eigenvalue weighted by atomic mass is 16.7. The van der Waals surface area contributed by atoms with E-state index in [9.17, 15) is 24.3 Å². The normalized spacial score (nSPS) is 15.5. The van der Waals surface area contributed by atoms with E-state index >= 15 is 0 Å². The summed E-state index contributed by atoms with van der Waals surface area (Å²) in [6.45, 7) is 13.8. The number of ether oxygens (including phenoxy) is 4. The van der Waals surface area contributed by atoms with Gasteiger partial charge < -0.3 is 29.8 Å². The number of carbonyl (C=O) groups excluding carboxylic acids is 3. The van der Waals surface area contributed by atoms with E-state index in [-0.39, 0.29) is 23.8 Å². The Hall–Kier alpha value is -3.14. The second-order valence-corrected chi connectivity index (χ2v) is 10.3. The number of nitrogens with two attached hydrogens (primary N) is 1. The SMILES string of the molecule is CCC(C)C(=O)Oc1ccc(C(CC(C)OC(=O)OC(C)(C)C)[C@H](N)C(=O)O)cc1OC(=O)C(C)CC. The summed E-state index contributed by atoms with van der Waals surface area (Å²) in [6, 6.07) is 3.06. The molecule has 37 heavy (non-hydrogen) atoms. The van der Waals surface area contributed by atoms with Crippen molar-refractivity contribution >= 4 is 24.1 Å². The fourth-order valence-corrected chi connectivity index (χ4v) is 3.18. The van der Waals surface area contributed by atoms with E-state index in [1.54, 1.807) is 47.6 Å². The molecule has 1 aromatic carbocycles. The van der Waals surface area contributed by atoms with Gasteiger partial charge in [-0.05, 0) is 64.7 Å². The van der Waals surface area contributed by atoms with Crippen LogP contribution in [0.4, 0.5) is 4.79 Å². The molecule has 0 radical (unpaired) electrons. The lowest BCUT2D eigenvalue weighted by Crippen LogP contribution is -2.38. The van der Waals surface area contributed by atoms with Crippen LogP contribution in [0.3, 0.4) is 0 Å². The topological polar surface area (TPSA) is 151 Å². The molecule has 0 heterocycles. The van der Waals surface area contributed by atoms with Crippen molar-refractivity contribution in [1.29, 1.82) is 0 Å². The van der Waals surface area contributed by atoms with Gasteiger partial charge in [-0.3, -0.25) is 14.4 Å². The molecular formula is C27H41NO9. The molecule has 3 N–H and O–H groups in total. The first-order valence-corrected chi connectivity index (χ1v) is 12.5. The summed E-state index contributed by atoms with van der Waals surface area (Å²) in [5.41, 5.74) is 5.65. The number of carbonyl (C=O) groups is 4. The van der Waals surface area contributed by atoms with Crippen molar-refractivity contribution < 1.29 is 43.2 Å². The molecule has 0 spiro atoms. The van der Waals surface area contributed by atoms with Gasteiger partial charge in [0, 0.05) is 5.92 Å². The Bertz CT molecular complexity index is 954. The van der Waals surface area contributed by atoms with Gasteiger partial charge in [0.05, 0.1) is 11.8 Å². The van der Waals surface area contributed by atoms with Gasteiger partial charge >= 0.3 is 24.1 Å². The Morgan fingerprint density at radius 1 is 0.919 bits per heavy atom. The minimum absolute atomic E-state index is 0.0252. The van der Waals surface area contributed by atoms with Crippen LogP contribution in [-0.4, -0.2) is 46.9 Å². The first-order valence-electron chi connectivity index (χ1n) is 12.5. The molecule has 0 saturated carbocycles. The van der Waals surface area contributed by atoms with Crippen LogP contribution < -0.4 is 15.2 Å². The molecule has 0 saturated heterocycles. The highest BCUT2D eigenvalue weighted by Gasteiger charge is 2.31. The lowest BCUT2D eigenvalue weighted by atomic mass is 9.87. The van der Waals surface area contributed by atoms with Crippen LogP contribution in [0.5, 0.6) is 11.5 Å². The quantitative estimate of drug-likeness (QED) is 0.288. The number of aliphatic carboxylic acids is 1. The molecule has 10 heteroatoms. The molecule has 1 aromatic rings. The average Bonchev–Trinajstić information content (AvgIpc) is 2.80. The van der Waals surface area contributed by atoms with Gasteiger partial charge in [0.25, 0.3) is 0 Å². The van der Waals surface area contributed by atoms with Gasteiger partial charge in [-0.15, -0.1) is 0 Å².